The Labute approximate surface area is 87.7 Å². The van der Waals surface area contributed by atoms with Crippen LogP contribution in [-0.2, 0) is 0 Å². The molecule has 15 heavy (non-hydrogen) atoms. The lowest BCUT2D eigenvalue weighted by Gasteiger charge is -2.02. The van der Waals surface area contributed by atoms with Gasteiger partial charge in [0.2, 0.25) is 0 Å². The summed E-state index contributed by atoms with van der Waals surface area (Å²) in [5.74, 6) is 0. The van der Waals surface area contributed by atoms with Crippen LogP contribution in [0.4, 0.5) is 11.4 Å². The Morgan fingerprint density at radius 3 is 2.93 bits per heavy atom. The van der Waals surface area contributed by atoms with E-state index in [9.17, 15) is 10.1 Å². The number of nitro groups is 1. The van der Waals surface area contributed by atoms with Gasteiger partial charge in [0, 0.05) is 30.9 Å². The van der Waals surface area contributed by atoms with Crippen LogP contribution in [0.1, 0.15) is 0 Å². The smallest absolute Gasteiger partial charge is 0.271 e. The minimum absolute atomic E-state index is 0.0859. The molecule has 80 valence electrons. The van der Waals surface area contributed by atoms with Gasteiger partial charge in [0.15, 0.2) is 0 Å². The van der Waals surface area contributed by atoms with Crippen LogP contribution >= 0.6 is 0 Å². The van der Waals surface area contributed by atoms with Gasteiger partial charge in [-0.2, -0.15) is 0 Å². The molecule has 0 spiro atoms. The summed E-state index contributed by atoms with van der Waals surface area (Å²) in [6.07, 6.45) is 3.70. The van der Waals surface area contributed by atoms with Gasteiger partial charge in [-0.15, -0.1) is 0 Å². The number of nitrogens with two attached hydrogens (primary N) is 1. The van der Waals surface area contributed by atoms with Crippen molar-refractivity contribution in [1.29, 1.82) is 0 Å². The molecule has 1 rings (SSSR count). The molecule has 0 aromatic heterocycles. The number of nitrogens with zero attached hydrogens (tertiary/aromatic N) is 1. The van der Waals surface area contributed by atoms with E-state index < -0.39 is 4.92 Å². The molecule has 1 aromatic rings. The van der Waals surface area contributed by atoms with Crippen LogP contribution in [-0.4, -0.2) is 18.0 Å². The zero-order valence-electron chi connectivity index (χ0n) is 8.22. The molecule has 3 N–H and O–H groups in total. The van der Waals surface area contributed by atoms with E-state index in [-0.39, 0.29) is 5.69 Å². The van der Waals surface area contributed by atoms with Crippen LogP contribution in [0.3, 0.4) is 0 Å². The third-order valence-electron chi connectivity index (χ3n) is 1.78. The Morgan fingerprint density at radius 1 is 1.47 bits per heavy atom. The summed E-state index contributed by atoms with van der Waals surface area (Å²) in [6.45, 7) is 1.11. The number of non-ortho nitro benzene ring substituents is 1. The Balaban J connectivity index is 2.58. The first-order valence-electron chi connectivity index (χ1n) is 4.57. The largest absolute Gasteiger partial charge is 0.381 e. The number of rotatable bonds is 5. The van der Waals surface area contributed by atoms with Crippen LogP contribution in [0, 0.1) is 10.1 Å². The van der Waals surface area contributed by atoms with Crippen molar-refractivity contribution in [3.05, 3.63) is 46.5 Å². The van der Waals surface area contributed by atoms with E-state index in [1.165, 1.54) is 12.1 Å². The van der Waals surface area contributed by atoms with Crippen molar-refractivity contribution in [3.8, 4) is 0 Å². The molecule has 5 nitrogen and oxygen atoms in total. The fourth-order valence-electron chi connectivity index (χ4n) is 1.09. The molecule has 0 amide bonds. The van der Waals surface area contributed by atoms with Crippen molar-refractivity contribution in [2.24, 2.45) is 5.73 Å². The van der Waals surface area contributed by atoms with Gasteiger partial charge >= 0.3 is 0 Å². The molecular weight excluding hydrogens is 194 g/mol. The lowest BCUT2D eigenvalue weighted by atomic mass is 10.3. The van der Waals surface area contributed by atoms with Crippen molar-refractivity contribution in [1.82, 2.24) is 0 Å². The maximum atomic E-state index is 10.5. The van der Waals surface area contributed by atoms with Crippen LogP contribution in [0.25, 0.3) is 0 Å². The minimum atomic E-state index is -0.416. The number of anilines is 1. The average molecular weight is 207 g/mol. The highest BCUT2D eigenvalue weighted by Crippen LogP contribution is 2.16. The van der Waals surface area contributed by atoms with Gasteiger partial charge in [-0.1, -0.05) is 18.2 Å². The molecule has 0 heterocycles. The number of hydrogen-bond donors (Lipinski definition) is 2. The topological polar surface area (TPSA) is 81.2 Å². The number of benzene rings is 1. The van der Waals surface area contributed by atoms with Gasteiger partial charge in [-0.3, -0.25) is 10.1 Å². The summed E-state index contributed by atoms with van der Waals surface area (Å²) in [6, 6.07) is 6.38. The molecule has 0 saturated heterocycles. The van der Waals surface area contributed by atoms with Crippen LogP contribution in [0.15, 0.2) is 36.4 Å². The third kappa shape index (κ3) is 3.78. The van der Waals surface area contributed by atoms with Gasteiger partial charge in [0.05, 0.1) is 4.92 Å². The van der Waals surface area contributed by atoms with E-state index in [2.05, 4.69) is 5.32 Å². The maximum absolute atomic E-state index is 10.5. The highest BCUT2D eigenvalue weighted by molar-refractivity contribution is 5.51. The molecule has 0 saturated carbocycles. The number of nitrogens with one attached hydrogen (secondary N) is 1. The minimum Gasteiger partial charge on any atom is -0.381 e. The van der Waals surface area contributed by atoms with Gasteiger partial charge in [0.25, 0.3) is 5.69 Å². The van der Waals surface area contributed by atoms with Gasteiger partial charge in [-0.25, -0.2) is 0 Å². The van der Waals surface area contributed by atoms with E-state index in [1.54, 1.807) is 12.1 Å². The molecule has 0 bridgehead atoms. The second-order valence-electron chi connectivity index (χ2n) is 2.90. The third-order valence-corrected chi connectivity index (χ3v) is 1.78. The lowest BCUT2D eigenvalue weighted by Crippen LogP contribution is -2.00. The molecule has 0 fully saturated rings. The van der Waals surface area contributed by atoms with Crippen LogP contribution in [0.5, 0.6) is 0 Å². The van der Waals surface area contributed by atoms with Crippen molar-refractivity contribution < 1.29 is 4.92 Å². The first kappa shape index (κ1) is 11.2. The van der Waals surface area contributed by atoms with Crippen molar-refractivity contribution in [3.63, 3.8) is 0 Å². The first-order chi connectivity index (χ1) is 7.24. The van der Waals surface area contributed by atoms with Crippen molar-refractivity contribution >= 4 is 11.4 Å². The Morgan fingerprint density at radius 2 is 2.27 bits per heavy atom. The predicted molar refractivity (Wildman–Crippen MR) is 59.8 cm³/mol. The number of nitro benzene ring substituents is 1. The average Bonchev–Trinajstić information content (AvgIpc) is 2.25. The van der Waals surface area contributed by atoms with Gasteiger partial charge in [-0.05, 0) is 6.07 Å². The van der Waals surface area contributed by atoms with E-state index in [1.807, 2.05) is 12.2 Å². The molecule has 0 radical (unpaired) electrons. The van der Waals surface area contributed by atoms with Crippen molar-refractivity contribution in [2.75, 3.05) is 18.4 Å². The van der Waals surface area contributed by atoms with E-state index >= 15 is 0 Å². The molecule has 5 heteroatoms. The number of hydrogen-bond acceptors (Lipinski definition) is 4. The Hall–Kier alpha value is -1.88. The molecule has 0 atom stereocenters. The van der Waals surface area contributed by atoms with Crippen molar-refractivity contribution in [2.45, 2.75) is 0 Å². The Bertz CT molecular complexity index is 363. The monoisotopic (exact) mass is 207 g/mol. The van der Waals surface area contributed by atoms with E-state index in [4.69, 9.17) is 5.73 Å². The standard InChI is InChI=1S/C10H13N3O2/c11-6-1-2-7-12-9-4-3-5-10(8-9)13(14)15/h1-5,8,12H,6-7,11H2/b2-1+. The van der Waals surface area contributed by atoms with E-state index in [0.717, 1.165) is 5.69 Å². The zero-order valence-corrected chi connectivity index (χ0v) is 8.22. The fourth-order valence-corrected chi connectivity index (χ4v) is 1.09. The quantitative estimate of drug-likeness (QED) is 0.435. The lowest BCUT2D eigenvalue weighted by molar-refractivity contribution is -0.384. The molecule has 1 aromatic carbocycles. The summed E-state index contributed by atoms with van der Waals surface area (Å²) in [5, 5.41) is 13.5. The van der Waals surface area contributed by atoms with Gasteiger partial charge < -0.3 is 11.1 Å². The summed E-state index contributed by atoms with van der Waals surface area (Å²) in [5.41, 5.74) is 6.08. The molecule has 0 unspecified atom stereocenters. The summed E-state index contributed by atoms with van der Waals surface area (Å²) in [7, 11) is 0. The van der Waals surface area contributed by atoms with Crippen LogP contribution < -0.4 is 11.1 Å². The second-order valence-corrected chi connectivity index (χ2v) is 2.90. The highest BCUT2D eigenvalue weighted by Gasteiger charge is 2.04. The zero-order chi connectivity index (χ0) is 11.1. The molecular formula is C10H13N3O2. The molecule has 0 aliphatic heterocycles. The Kier molecular flexibility index (Phi) is 4.30. The summed E-state index contributed by atoms with van der Waals surface area (Å²) >= 11 is 0. The molecule has 0 aliphatic carbocycles. The van der Waals surface area contributed by atoms with Crippen LogP contribution in [0.2, 0.25) is 0 Å². The highest BCUT2D eigenvalue weighted by atomic mass is 16.6. The van der Waals surface area contributed by atoms with Gasteiger partial charge in [0.1, 0.15) is 0 Å². The predicted octanol–water partition coefficient (Wildman–Crippen LogP) is 1.52. The first-order valence-corrected chi connectivity index (χ1v) is 4.57. The van der Waals surface area contributed by atoms with E-state index in [0.29, 0.717) is 13.1 Å². The normalized spacial score (nSPS) is 10.5. The fraction of sp³-hybridized carbons (Fsp3) is 0.200. The molecule has 0 aliphatic rings. The maximum Gasteiger partial charge on any atom is 0.271 e. The SMILES string of the molecule is NC/C=C/CNc1cccc([N+](=O)[O-])c1. The second kappa shape index (κ2) is 5.77. The summed E-state index contributed by atoms with van der Waals surface area (Å²) < 4.78 is 0. The summed E-state index contributed by atoms with van der Waals surface area (Å²) in [4.78, 5) is 10.1.